The van der Waals surface area contributed by atoms with Gasteiger partial charge in [-0.3, -0.25) is 9.98 Å². The fourth-order valence-corrected chi connectivity index (χ4v) is 6.03. The first-order valence-electron chi connectivity index (χ1n) is 11.2. The molecule has 0 saturated carbocycles. The van der Waals surface area contributed by atoms with Gasteiger partial charge in [0.05, 0.1) is 47.0 Å². The quantitative estimate of drug-likeness (QED) is 0.237. The second-order valence-electron chi connectivity index (χ2n) is 8.25. The van der Waals surface area contributed by atoms with E-state index in [1.165, 1.54) is 9.75 Å². The van der Waals surface area contributed by atoms with Crippen molar-refractivity contribution < 1.29 is 0 Å². The average Bonchev–Trinajstić information content (AvgIpc) is 3.29. The highest BCUT2D eigenvalue weighted by molar-refractivity contribution is 7.17. The predicted octanol–water partition coefficient (Wildman–Crippen LogP) is 6.96. The summed E-state index contributed by atoms with van der Waals surface area (Å²) >= 11 is 3.50. The number of anilines is 6. The van der Waals surface area contributed by atoms with Crippen LogP contribution in [0.3, 0.4) is 0 Å². The first-order valence-corrected chi connectivity index (χ1v) is 12.8. The molecule has 2 aromatic carbocycles. The van der Waals surface area contributed by atoms with E-state index in [0.29, 0.717) is 13.1 Å². The van der Waals surface area contributed by atoms with Gasteiger partial charge in [0.1, 0.15) is 21.7 Å². The first kappa shape index (κ1) is 20.9. The number of nitrogens with one attached hydrogen (secondary N) is 4. The smallest absolute Gasteiger partial charge is 0.135 e. The lowest BCUT2D eigenvalue weighted by Crippen LogP contribution is -2.15. The number of rotatable bonds is 3. The van der Waals surface area contributed by atoms with Crippen LogP contribution in [0.15, 0.2) is 70.6 Å². The van der Waals surface area contributed by atoms with Crippen molar-refractivity contribution in [2.75, 3.05) is 34.4 Å². The Hall–Kier alpha value is -3.62. The van der Waals surface area contributed by atoms with E-state index in [1.807, 2.05) is 24.3 Å². The molecular weight excluding hydrogens is 460 g/mol. The Morgan fingerprint density at radius 2 is 0.971 bits per heavy atom. The van der Waals surface area contributed by atoms with Crippen molar-refractivity contribution in [1.82, 2.24) is 0 Å². The van der Waals surface area contributed by atoms with Crippen LogP contribution in [0.5, 0.6) is 0 Å². The van der Waals surface area contributed by atoms with Crippen LogP contribution in [-0.4, -0.2) is 24.8 Å². The monoisotopic (exact) mass is 484 g/mol. The molecule has 170 valence electrons. The summed E-state index contributed by atoms with van der Waals surface area (Å²) in [7, 11) is 0. The van der Waals surface area contributed by atoms with Crippen LogP contribution in [0.25, 0.3) is 0 Å². The Balaban J connectivity index is 1.28. The lowest BCUT2D eigenvalue weighted by molar-refractivity contribution is 0.974. The van der Waals surface area contributed by atoms with E-state index in [9.17, 15) is 0 Å². The molecule has 0 saturated heterocycles. The highest BCUT2D eigenvalue weighted by Gasteiger charge is 2.21. The summed E-state index contributed by atoms with van der Waals surface area (Å²) in [6.45, 7) is 5.41. The molecule has 4 heterocycles. The van der Waals surface area contributed by atoms with Crippen LogP contribution >= 0.6 is 22.7 Å². The minimum absolute atomic E-state index is 0.581. The number of fused-ring (bicyclic) bond motifs is 4. The van der Waals surface area contributed by atoms with Gasteiger partial charge in [-0.1, -0.05) is 24.3 Å². The molecule has 0 aliphatic carbocycles. The second-order valence-corrected chi connectivity index (χ2v) is 10.8. The van der Waals surface area contributed by atoms with Gasteiger partial charge in [0, 0.05) is 9.75 Å². The third-order valence-corrected chi connectivity index (χ3v) is 7.65. The second kappa shape index (κ2) is 8.62. The van der Waals surface area contributed by atoms with Crippen molar-refractivity contribution in [1.29, 1.82) is 0 Å². The van der Waals surface area contributed by atoms with E-state index in [4.69, 9.17) is 9.98 Å². The van der Waals surface area contributed by atoms with Gasteiger partial charge in [-0.05, 0) is 50.2 Å². The molecule has 0 fully saturated rings. The lowest BCUT2D eigenvalue weighted by Gasteiger charge is -2.10. The third-order valence-electron chi connectivity index (χ3n) is 5.72. The molecule has 34 heavy (non-hydrogen) atoms. The Morgan fingerprint density at radius 3 is 1.38 bits per heavy atom. The number of aliphatic imine (C=N–C) groups is 2. The fourth-order valence-electron chi connectivity index (χ4n) is 4.18. The van der Waals surface area contributed by atoms with Crippen molar-refractivity contribution in [2.24, 2.45) is 9.98 Å². The lowest BCUT2D eigenvalue weighted by atomic mass is 10.2. The maximum Gasteiger partial charge on any atom is 0.135 e. The highest BCUT2D eigenvalue weighted by atomic mass is 32.1. The van der Waals surface area contributed by atoms with Crippen LogP contribution in [0, 0.1) is 13.8 Å². The van der Waals surface area contributed by atoms with E-state index in [-0.39, 0.29) is 0 Å². The number of thiophene rings is 2. The standard InChI is InChI=1S/C26H24N6S2/c1-15-13-17-23(29-19-7-3-5-9-21(19)31-25(17)33-15)27-11-12-28-24-18-14-16(2)34-26(18)32-22-10-6-4-8-20(22)30-24/h3-10,13-14,31-32H,11-12H2,1-2H3,(H,27,29)(H,28,30). The zero-order valence-electron chi connectivity index (χ0n) is 18.9. The molecule has 0 unspecified atom stereocenters. The Labute approximate surface area is 206 Å². The zero-order valence-corrected chi connectivity index (χ0v) is 20.5. The van der Waals surface area contributed by atoms with Gasteiger partial charge in [0.2, 0.25) is 0 Å². The van der Waals surface area contributed by atoms with E-state index >= 15 is 0 Å². The molecule has 2 aliphatic heterocycles. The summed E-state index contributed by atoms with van der Waals surface area (Å²) in [5.74, 6) is 1.76. The van der Waals surface area contributed by atoms with E-state index in [0.717, 1.165) is 55.5 Å². The number of aryl methyl sites for hydroxylation is 2. The summed E-state index contributed by atoms with van der Waals surface area (Å²) in [5.41, 5.74) is 6.39. The van der Waals surface area contributed by atoms with Gasteiger partial charge in [-0.2, -0.15) is 0 Å². The van der Waals surface area contributed by atoms with Crippen LogP contribution in [0.2, 0.25) is 0 Å². The average molecular weight is 485 g/mol. The summed E-state index contributed by atoms with van der Waals surface area (Å²) in [6.07, 6.45) is 0. The molecule has 0 bridgehead atoms. The van der Waals surface area contributed by atoms with E-state index in [1.54, 1.807) is 22.7 Å². The number of amidine groups is 2. The predicted molar refractivity (Wildman–Crippen MR) is 148 cm³/mol. The largest absolute Gasteiger partial charge is 0.345 e. The topological polar surface area (TPSA) is 72.8 Å². The Morgan fingerprint density at radius 1 is 0.588 bits per heavy atom. The van der Waals surface area contributed by atoms with Crippen molar-refractivity contribution in [3.8, 4) is 0 Å². The number of benzene rings is 2. The van der Waals surface area contributed by atoms with Gasteiger partial charge in [-0.25, -0.2) is 0 Å². The molecule has 2 aliphatic rings. The summed E-state index contributed by atoms with van der Waals surface area (Å²) in [6, 6.07) is 20.8. The molecule has 2 aromatic heterocycles. The highest BCUT2D eigenvalue weighted by Crippen LogP contribution is 2.38. The Bertz CT molecular complexity index is 1340. The maximum atomic E-state index is 4.93. The first-order chi connectivity index (χ1) is 16.6. The number of para-hydroxylation sites is 4. The van der Waals surface area contributed by atoms with Crippen LogP contribution < -0.4 is 21.3 Å². The number of hydrogen-bond donors (Lipinski definition) is 4. The van der Waals surface area contributed by atoms with Gasteiger partial charge in [0.15, 0.2) is 0 Å². The maximum absolute atomic E-state index is 4.93. The van der Waals surface area contributed by atoms with Crippen LogP contribution in [-0.2, 0) is 0 Å². The van der Waals surface area contributed by atoms with E-state index < -0.39 is 0 Å². The van der Waals surface area contributed by atoms with Crippen molar-refractivity contribution >= 4 is 67.1 Å². The number of hydrogen-bond acceptors (Lipinski definition) is 6. The molecule has 0 amide bonds. The molecule has 0 spiro atoms. The molecule has 4 N–H and O–H groups in total. The molecule has 6 rings (SSSR count). The summed E-state index contributed by atoms with van der Waals surface area (Å²) in [4.78, 5) is 12.4. The van der Waals surface area contributed by atoms with Gasteiger partial charge in [0.25, 0.3) is 0 Å². The molecule has 6 nitrogen and oxygen atoms in total. The fraction of sp³-hybridized carbons (Fsp3) is 0.154. The van der Waals surface area contributed by atoms with Gasteiger partial charge in [-0.15, -0.1) is 22.7 Å². The summed E-state index contributed by atoms with van der Waals surface area (Å²) in [5, 5.41) is 16.4. The third kappa shape index (κ3) is 3.95. The summed E-state index contributed by atoms with van der Waals surface area (Å²) < 4.78 is 0. The van der Waals surface area contributed by atoms with Gasteiger partial charge >= 0.3 is 0 Å². The van der Waals surface area contributed by atoms with Crippen molar-refractivity contribution in [2.45, 2.75) is 13.8 Å². The van der Waals surface area contributed by atoms with Crippen LogP contribution in [0.4, 0.5) is 32.8 Å². The number of nitrogens with zero attached hydrogens (tertiary/aromatic N) is 2. The molecule has 4 aromatic rings. The molecule has 0 atom stereocenters. The normalized spacial score (nSPS) is 16.1. The minimum Gasteiger partial charge on any atom is -0.345 e. The molecule has 0 radical (unpaired) electrons. The van der Waals surface area contributed by atoms with Crippen molar-refractivity contribution in [3.05, 3.63) is 81.5 Å². The molecule has 8 heteroatoms. The van der Waals surface area contributed by atoms with Crippen LogP contribution in [0.1, 0.15) is 20.9 Å². The Kier molecular flexibility index (Phi) is 5.31. The SMILES string of the molecule is Cc1cc2c(s1)Nc1ccccc1NC2=NCCN=C1Nc2ccccc2Nc2sc(C)cc21. The van der Waals surface area contributed by atoms with E-state index in [2.05, 4.69) is 71.5 Å². The molecular formula is C26H24N6S2. The zero-order chi connectivity index (χ0) is 23.1. The minimum atomic E-state index is 0.581. The van der Waals surface area contributed by atoms with Crippen molar-refractivity contribution in [3.63, 3.8) is 0 Å². The van der Waals surface area contributed by atoms with Gasteiger partial charge < -0.3 is 21.3 Å².